The molecule has 2 saturated heterocycles. The van der Waals surface area contributed by atoms with E-state index in [1.807, 2.05) is 23.1 Å². The zero-order valence-electron chi connectivity index (χ0n) is 24.4. The van der Waals surface area contributed by atoms with Crippen LogP contribution in [0.4, 0.5) is 19.0 Å². The number of amides is 1. The molecule has 45 heavy (non-hydrogen) atoms. The molecule has 3 atom stereocenters. The molecule has 0 unspecified atom stereocenters. The molecule has 1 amide bonds. The first-order valence-electron chi connectivity index (χ1n) is 14.4. The molecule has 13 heteroatoms. The number of anilines is 1. The van der Waals surface area contributed by atoms with E-state index >= 15 is 4.39 Å². The molecule has 4 heterocycles. The van der Waals surface area contributed by atoms with Gasteiger partial charge < -0.3 is 19.4 Å². The van der Waals surface area contributed by atoms with Crippen LogP contribution in [0.5, 0.6) is 6.01 Å². The lowest BCUT2D eigenvalue weighted by Gasteiger charge is -2.39. The minimum atomic E-state index is -1.11. The molecular weight excluding hydrogens is 607 g/mol. The average Bonchev–Trinajstić information content (AvgIpc) is 3.36. The van der Waals surface area contributed by atoms with Crippen LogP contribution in [0.3, 0.4) is 0 Å². The fourth-order valence-corrected chi connectivity index (χ4v) is 6.40. The summed E-state index contributed by atoms with van der Waals surface area (Å²) in [7, 11) is 1.80. The van der Waals surface area contributed by atoms with Gasteiger partial charge in [-0.05, 0) is 24.9 Å². The zero-order chi connectivity index (χ0) is 31.8. The number of aromatic nitrogens is 3. The first kappa shape index (κ1) is 30.6. The third-order valence-electron chi connectivity index (χ3n) is 8.37. The second-order valence-corrected chi connectivity index (χ2v) is 11.6. The van der Waals surface area contributed by atoms with Gasteiger partial charge in [-0.3, -0.25) is 14.7 Å². The van der Waals surface area contributed by atoms with Crippen LogP contribution in [0.15, 0.2) is 55.0 Å². The molecular formula is C32H29ClF3N7O2. The van der Waals surface area contributed by atoms with E-state index in [1.54, 1.807) is 30.1 Å². The molecule has 0 bridgehead atoms. The van der Waals surface area contributed by atoms with Crippen molar-refractivity contribution in [1.82, 2.24) is 24.8 Å². The Balaban J connectivity index is 1.45. The maximum Gasteiger partial charge on any atom is 0.319 e. The number of piperazine rings is 1. The predicted molar refractivity (Wildman–Crippen MR) is 166 cm³/mol. The van der Waals surface area contributed by atoms with E-state index in [0.29, 0.717) is 16.0 Å². The van der Waals surface area contributed by atoms with E-state index in [0.717, 1.165) is 5.39 Å². The third-order valence-corrected chi connectivity index (χ3v) is 8.69. The van der Waals surface area contributed by atoms with Gasteiger partial charge in [-0.25, -0.2) is 19.7 Å². The number of halogens is 4. The summed E-state index contributed by atoms with van der Waals surface area (Å²) < 4.78 is 50.3. The summed E-state index contributed by atoms with van der Waals surface area (Å²) in [5.74, 6) is -2.41. The summed E-state index contributed by atoms with van der Waals surface area (Å²) in [5.41, 5.74) is 0.470. The molecule has 0 saturated carbocycles. The van der Waals surface area contributed by atoms with Crippen molar-refractivity contribution in [3.8, 4) is 17.3 Å². The highest BCUT2D eigenvalue weighted by atomic mass is 35.5. The van der Waals surface area contributed by atoms with Crippen LogP contribution in [-0.4, -0.2) is 95.3 Å². The van der Waals surface area contributed by atoms with Gasteiger partial charge in [0.1, 0.15) is 35.8 Å². The minimum Gasteiger partial charge on any atom is -0.462 e. The number of carbonyl (C=O) groups excluding carboxylic acids is 1. The van der Waals surface area contributed by atoms with Gasteiger partial charge in [0.2, 0.25) is 6.54 Å². The SMILES string of the molecule is [C-]#[N+]C[C@H]1CN(c2nc(OC[C@@H]3C[C@@H](F)CN3C)nc3c(F)c(-c4cccc5cccc(Cl)c45)ncc23)CCN1C(=O)C(=C)F. The summed E-state index contributed by atoms with van der Waals surface area (Å²) in [5, 5.41) is 2.18. The predicted octanol–water partition coefficient (Wildman–Crippen LogP) is 5.48. The van der Waals surface area contributed by atoms with Crippen LogP contribution >= 0.6 is 11.6 Å². The van der Waals surface area contributed by atoms with Crippen LogP contribution in [-0.2, 0) is 4.79 Å². The Morgan fingerprint density at radius 1 is 1.18 bits per heavy atom. The van der Waals surface area contributed by atoms with E-state index in [2.05, 4.69) is 26.4 Å². The molecule has 2 aromatic carbocycles. The van der Waals surface area contributed by atoms with Crippen LogP contribution in [0.2, 0.25) is 5.02 Å². The highest BCUT2D eigenvalue weighted by molar-refractivity contribution is 6.36. The van der Waals surface area contributed by atoms with Crippen LogP contribution < -0.4 is 9.64 Å². The lowest BCUT2D eigenvalue weighted by Crippen LogP contribution is -2.56. The Hall–Kier alpha value is -4.47. The molecule has 0 aliphatic carbocycles. The Kier molecular flexibility index (Phi) is 8.48. The van der Waals surface area contributed by atoms with Gasteiger partial charge in [-0.15, -0.1) is 0 Å². The molecule has 2 aliphatic heterocycles. The van der Waals surface area contributed by atoms with Gasteiger partial charge in [0.15, 0.2) is 11.6 Å². The number of hydrogen-bond donors (Lipinski definition) is 0. The fraction of sp³-hybridized carbons (Fsp3) is 0.344. The van der Waals surface area contributed by atoms with Crippen LogP contribution in [0, 0.1) is 12.4 Å². The van der Waals surface area contributed by atoms with E-state index in [1.165, 1.54) is 11.1 Å². The van der Waals surface area contributed by atoms with Gasteiger partial charge in [0.25, 0.3) is 5.91 Å². The van der Waals surface area contributed by atoms with Crippen molar-refractivity contribution in [1.29, 1.82) is 0 Å². The molecule has 0 N–H and O–H groups in total. The normalized spacial score (nSPS) is 20.5. The number of rotatable bonds is 7. The number of hydrogen-bond acceptors (Lipinski definition) is 7. The fourth-order valence-electron chi connectivity index (χ4n) is 6.12. The highest BCUT2D eigenvalue weighted by Crippen LogP contribution is 2.37. The molecule has 4 aromatic rings. The Labute approximate surface area is 262 Å². The van der Waals surface area contributed by atoms with Crippen molar-refractivity contribution in [3.05, 3.63) is 77.3 Å². The molecule has 9 nitrogen and oxygen atoms in total. The minimum absolute atomic E-state index is 0.0374. The second kappa shape index (κ2) is 12.5. The molecule has 6 rings (SSSR count). The average molecular weight is 636 g/mol. The lowest BCUT2D eigenvalue weighted by molar-refractivity contribution is -0.131. The van der Waals surface area contributed by atoms with E-state index in [9.17, 15) is 13.6 Å². The number of fused-ring (bicyclic) bond motifs is 2. The van der Waals surface area contributed by atoms with Crippen LogP contribution in [0.25, 0.3) is 37.8 Å². The largest absolute Gasteiger partial charge is 0.462 e. The number of benzene rings is 2. The van der Waals surface area contributed by atoms with E-state index < -0.39 is 29.8 Å². The Morgan fingerprint density at radius 2 is 1.96 bits per heavy atom. The molecule has 0 radical (unpaired) electrons. The number of pyridine rings is 1. The van der Waals surface area contributed by atoms with Crippen molar-refractivity contribution in [3.63, 3.8) is 0 Å². The van der Waals surface area contributed by atoms with Crippen molar-refractivity contribution in [2.45, 2.75) is 24.7 Å². The summed E-state index contributed by atoms with van der Waals surface area (Å²) in [6.45, 7) is 11.2. The smallest absolute Gasteiger partial charge is 0.319 e. The van der Waals surface area contributed by atoms with E-state index in [-0.39, 0.29) is 80.2 Å². The quantitative estimate of drug-likeness (QED) is 0.197. The number of likely N-dealkylation sites (tertiary alicyclic amines) is 1. The number of likely N-dealkylation sites (N-methyl/N-ethyl adjacent to an activating group) is 1. The Bertz CT molecular complexity index is 1850. The molecule has 2 aromatic heterocycles. The monoisotopic (exact) mass is 635 g/mol. The molecule has 0 spiro atoms. The van der Waals surface area contributed by atoms with Gasteiger partial charge >= 0.3 is 6.01 Å². The molecule has 2 fully saturated rings. The first-order valence-corrected chi connectivity index (χ1v) is 14.8. The molecule has 2 aliphatic rings. The lowest BCUT2D eigenvalue weighted by atomic mass is 10.0. The van der Waals surface area contributed by atoms with Gasteiger partial charge in [-0.2, -0.15) is 9.97 Å². The molecule has 232 valence electrons. The van der Waals surface area contributed by atoms with E-state index in [4.69, 9.17) is 22.9 Å². The summed E-state index contributed by atoms with van der Waals surface area (Å²) in [6, 6.07) is 9.81. The van der Waals surface area contributed by atoms with Crippen molar-refractivity contribution >= 4 is 45.0 Å². The van der Waals surface area contributed by atoms with Gasteiger partial charge in [-0.1, -0.05) is 48.5 Å². The summed E-state index contributed by atoms with van der Waals surface area (Å²) in [4.78, 5) is 34.4. The van der Waals surface area contributed by atoms with Crippen molar-refractivity contribution < 1.29 is 22.7 Å². The second-order valence-electron chi connectivity index (χ2n) is 11.2. The van der Waals surface area contributed by atoms with Gasteiger partial charge in [0, 0.05) is 54.4 Å². The number of nitrogens with zero attached hydrogens (tertiary/aromatic N) is 7. The third kappa shape index (κ3) is 5.85. The number of ether oxygens (including phenoxy) is 1. The van der Waals surface area contributed by atoms with Crippen molar-refractivity contribution in [2.24, 2.45) is 0 Å². The number of carbonyl (C=O) groups is 1. The summed E-state index contributed by atoms with van der Waals surface area (Å²) >= 11 is 6.54. The van der Waals surface area contributed by atoms with Gasteiger partial charge in [0.05, 0.1) is 5.39 Å². The summed E-state index contributed by atoms with van der Waals surface area (Å²) in [6.07, 6.45) is 0.787. The first-order chi connectivity index (χ1) is 21.7. The maximum absolute atomic E-state index is 16.6. The standard InChI is InChI=1S/C32H29ClF3N7O2/c1-18(34)31(44)43-11-10-42(16-22(43)13-37-2)30-24-14-38-28(23-8-4-6-19-7-5-9-25(33)26(19)23)27(36)29(24)39-32(40-30)45-17-21-12-20(35)15-41(21)3/h4-9,14,20-22H,1,10-13,15-17H2,3H3/t20-,21+,22+/m1/s1. The maximum atomic E-state index is 16.6. The topological polar surface area (TPSA) is 79.1 Å². The number of alkyl halides is 1. The van der Waals surface area contributed by atoms with Crippen molar-refractivity contribution in [2.75, 3.05) is 51.3 Å². The Morgan fingerprint density at radius 3 is 2.67 bits per heavy atom. The van der Waals surface area contributed by atoms with Crippen LogP contribution in [0.1, 0.15) is 6.42 Å². The zero-order valence-corrected chi connectivity index (χ0v) is 25.1. The highest BCUT2D eigenvalue weighted by Gasteiger charge is 2.36.